The molecule has 0 aliphatic heterocycles. The third-order valence-electron chi connectivity index (χ3n) is 8.73. The topological polar surface area (TPSA) is 40.5 Å². The molecule has 194 valence electrons. The van der Waals surface area contributed by atoms with Crippen molar-refractivity contribution in [1.29, 1.82) is 0 Å². The maximum Gasteiger partial charge on any atom is 0.122 e. The fourth-order valence-corrected chi connectivity index (χ4v) is 7.03. The van der Waals surface area contributed by atoms with Crippen molar-refractivity contribution in [2.45, 2.75) is 23.0 Å². The normalized spacial score (nSPS) is 16.8. The average Bonchev–Trinajstić information content (AvgIpc) is 3.39. The van der Waals surface area contributed by atoms with Crippen molar-refractivity contribution in [1.82, 2.24) is 0 Å². The van der Waals surface area contributed by atoms with E-state index in [-0.39, 0.29) is 0 Å². The van der Waals surface area contributed by atoms with Gasteiger partial charge in [0, 0.05) is 11.8 Å². The van der Waals surface area contributed by atoms with Gasteiger partial charge in [0.05, 0.1) is 0 Å². The quantitative estimate of drug-likeness (QED) is 0.235. The number of benzene rings is 6. The summed E-state index contributed by atoms with van der Waals surface area (Å²) in [6.45, 7) is 0. The van der Waals surface area contributed by atoms with Crippen LogP contribution in [0.15, 0.2) is 158 Å². The van der Waals surface area contributed by atoms with Gasteiger partial charge in [-0.15, -0.1) is 0 Å². The second-order valence-electron chi connectivity index (χ2n) is 10.7. The van der Waals surface area contributed by atoms with Crippen molar-refractivity contribution in [3.63, 3.8) is 0 Å². The standard InChI is InChI=1S/C38H30O2/c39-37(28-17-5-1-6-18-28,29-19-7-2-8-20-29)35-32-25-13-15-27-16-14-26-33(34(27)32)36(35)38(40,30-21-9-3-10-22-30)31-23-11-4-12-24-31/h1-26,35-36,39-40H/t35-,36-/m1/s1. The Balaban J connectivity index is 1.61. The van der Waals surface area contributed by atoms with E-state index in [9.17, 15) is 10.2 Å². The van der Waals surface area contributed by atoms with Gasteiger partial charge in [-0.05, 0) is 44.2 Å². The van der Waals surface area contributed by atoms with Gasteiger partial charge in [-0.2, -0.15) is 0 Å². The molecule has 2 nitrogen and oxygen atoms in total. The summed E-state index contributed by atoms with van der Waals surface area (Å²) in [5.74, 6) is -0.993. The predicted octanol–water partition coefficient (Wildman–Crippen LogP) is 7.89. The van der Waals surface area contributed by atoms with E-state index >= 15 is 0 Å². The first-order valence-corrected chi connectivity index (χ1v) is 13.8. The molecule has 2 N–H and O–H groups in total. The molecule has 0 unspecified atom stereocenters. The maximum absolute atomic E-state index is 13.3. The highest BCUT2D eigenvalue weighted by Crippen LogP contribution is 2.63. The Labute approximate surface area is 234 Å². The fraction of sp³-hybridized carbons (Fsp3) is 0.105. The van der Waals surface area contributed by atoms with Gasteiger partial charge in [0.15, 0.2) is 0 Å². The van der Waals surface area contributed by atoms with E-state index < -0.39 is 23.0 Å². The van der Waals surface area contributed by atoms with Gasteiger partial charge >= 0.3 is 0 Å². The van der Waals surface area contributed by atoms with Gasteiger partial charge in [0.1, 0.15) is 11.2 Å². The van der Waals surface area contributed by atoms with Crippen LogP contribution in [-0.2, 0) is 11.2 Å². The molecular weight excluding hydrogens is 488 g/mol. The molecule has 0 amide bonds. The smallest absolute Gasteiger partial charge is 0.122 e. The molecule has 6 aromatic rings. The summed E-state index contributed by atoms with van der Waals surface area (Å²) < 4.78 is 0. The van der Waals surface area contributed by atoms with E-state index in [0.29, 0.717) is 0 Å². The second kappa shape index (κ2) is 9.60. The van der Waals surface area contributed by atoms with Crippen LogP contribution in [0.25, 0.3) is 10.8 Å². The van der Waals surface area contributed by atoms with Gasteiger partial charge in [-0.3, -0.25) is 0 Å². The molecule has 40 heavy (non-hydrogen) atoms. The molecular formula is C38H30O2. The Morgan fingerprint density at radius 2 is 0.650 bits per heavy atom. The van der Waals surface area contributed by atoms with Crippen LogP contribution in [0.2, 0.25) is 0 Å². The first-order chi connectivity index (χ1) is 19.6. The van der Waals surface area contributed by atoms with E-state index in [1.807, 2.05) is 121 Å². The highest BCUT2D eigenvalue weighted by Gasteiger charge is 2.57. The Bertz CT molecular complexity index is 1550. The Morgan fingerprint density at radius 1 is 0.350 bits per heavy atom. The zero-order chi connectivity index (χ0) is 27.2. The van der Waals surface area contributed by atoms with Crippen molar-refractivity contribution >= 4 is 10.8 Å². The zero-order valence-corrected chi connectivity index (χ0v) is 22.1. The molecule has 7 rings (SSSR count). The number of hydrogen-bond acceptors (Lipinski definition) is 2. The lowest BCUT2D eigenvalue weighted by molar-refractivity contribution is -0.0197. The summed E-state index contributed by atoms with van der Waals surface area (Å²) >= 11 is 0. The van der Waals surface area contributed by atoms with E-state index in [2.05, 4.69) is 36.4 Å². The van der Waals surface area contributed by atoms with Gasteiger partial charge in [0.2, 0.25) is 0 Å². The number of aliphatic hydroxyl groups is 2. The van der Waals surface area contributed by atoms with Gasteiger partial charge in [-0.1, -0.05) is 158 Å². The molecule has 0 heterocycles. The van der Waals surface area contributed by atoms with E-state index in [4.69, 9.17) is 0 Å². The Kier molecular flexibility index (Phi) is 5.89. The average molecular weight is 519 g/mol. The third-order valence-corrected chi connectivity index (χ3v) is 8.73. The molecule has 1 aliphatic rings. The monoisotopic (exact) mass is 518 g/mol. The molecule has 0 aromatic heterocycles. The van der Waals surface area contributed by atoms with Crippen LogP contribution in [0, 0.1) is 0 Å². The minimum Gasteiger partial charge on any atom is -0.380 e. The van der Waals surface area contributed by atoms with Gasteiger partial charge in [-0.25, -0.2) is 0 Å². The summed E-state index contributed by atoms with van der Waals surface area (Å²) in [5.41, 5.74) is 2.40. The Hall–Kier alpha value is -4.50. The zero-order valence-electron chi connectivity index (χ0n) is 22.1. The van der Waals surface area contributed by atoms with Crippen LogP contribution in [0.5, 0.6) is 0 Å². The van der Waals surface area contributed by atoms with E-state index in [0.717, 1.165) is 44.2 Å². The lowest BCUT2D eigenvalue weighted by atomic mass is 9.62. The van der Waals surface area contributed by atoms with Crippen LogP contribution >= 0.6 is 0 Å². The minimum atomic E-state index is -1.43. The maximum atomic E-state index is 13.3. The third kappa shape index (κ3) is 3.57. The van der Waals surface area contributed by atoms with Crippen LogP contribution in [0.4, 0.5) is 0 Å². The lowest BCUT2D eigenvalue weighted by Crippen LogP contribution is -2.44. The van der Waals surface area contributed by atoms with Crippen molar-refractivity contribution in [3.05, 3.63) is 191 Å². The van der Waals surface area contributed by atoms with Gasteiger partial charge < -0.3 is 10.2 Å². The van der Waals surface area contributed by atoms with Crippen molar-refractivity contribution < 1.29 is 10.2 Å². The highest BCUT2D eigenvalue weighted by molar-refractivity contribution is 5.93. The van der Waals surface area contributed by atoms with E-state index in [1.165, 1.54) is 0 Å². The van der Waals surface area contributed by atoms with Crippen molar-refractivity contribution in [3.8, 4) is 0 Å². The molecule has 0 radical (unpaired) electrons. The molecule has 0 spiro atoms. The van der Waals surface area contributed by atoms with Crippen molar-refractivity contribution in [2.24, 2.45) is 0 Å². The SMILES string of the molecule is OC(c1ccccc1)(c1ccccc1)[C@@H]1c2cccc3cccc(c23)[C@H]1C(O)(c1ccccc1)c1ccccc1. The first-order valence-electron chi connectivity index (χ1n) is 13.8. The summed E-state index contributed by atoms with van der Waals surface area (Å²) in [7, 11) is 0. The molecule has 0 saturated heterocycles. The van der Waals surface area contributed by atoms with E-state index in [1.54, 1.807) is 0 Å². The Morgan fingerprint density at radius 3 is 0.950 bits per heavy atom. The second-order valence-corrected chi connectivity index (χ2v) is 10.7. The molecule has 6 aromatic carbocycles. The molecule has 2 atom stereocenters. The minimum absolute atomic E-state index is 0.496. The van der Waals surface area contributed by atoms with Gasteiger partial charge in [0.25, 0.3) is 0 Å². The first kappa shape index (κ1) is 24.5. The lowest BCUT2D eigenvalue weighted by Gasteiger charge is -2.46. The molecule has 1 aliphatic carbocycles. The summed E-state index contributed by atoms with van der Waals surface area (Å²) in [4.78, 5) is 0. The molecule has 0 bridgehead atoms. The molecule has 2 heteroatoms. The summed E-state index contributed by atoms with van der Waals surface area (Å²) in [6, 6.07) is 52.3. The summed E-state index contributed by atoms with van der Waals surface area (Å²) in [6.07, 6.45) is 0. The fourth-order valence-electron chi connectivity index (χ4n) is 7.03. The van der Waals surface area contributed by atoms with Crippen LogP contribution in [-0.4, -0.2) is 10.2 Å². The van der Waals surface area contributed by atoms with Crippen LogP contribution < -0.4 is 0 Å². The van der Waals surface area contributed by atoms with Crippen molar-refractivity contribution in [2.75, 3.05) is 0 Å². The summed E-state index contributed by atoms with van der Waals surface area (Å²) in [5, 5.41) is 28.8. The van der Waals surface area contributed by atoms with Crippen LogP contribution in [0.1, 0.15) is 45.2 Å². The predicted molar refractivity (Wildman–Crippen MR) is 161 cm³/mol. The molecule has 0 saturated carbocycles. The highest BCUT2D eigenvalue weighted by atomic mass is 16.3. The van der Waals surface area contributed by atoms with Crippen LogP contribution in [0.3, 0.4) is 0 Å². The number of rotatable bonds is 6. The molecule has 0 fully saturated rings. The number of hydrogen-bond donors (Lipinski definition) is 2. The largest absolute Gasteiger partial charge is 0.380 e.